The maximum absolute atomic E-state index is 11.5. The second-order valence-electron chi connectivity index (χ2n) is 3.26. The number of rotatable bonds is 0. The zero-order valence-electron chi connectivity index (χ0n) is 9.29. The number of carbonyl (C=O) groups is 1. The van der Waals surface area contributed by atoms with Crippen LogP contribution in [0, 0.1) is 6.92 Å². The van der Waals surface area contributed by atoms with Crippen molar-refractivity contribution in [1.82, 2.24) is 4.90 Å². The van der Waals surface area contributed by atoms with Gasteiger partial charge in [-0.15, -0.1) is 0 Å². The third-order valence-corrected chi connectivity index (χ3v) is 2.38. The van der Waals surface area contributed by atoms with Gasteiger partial charge in [-0.25, -0.2) is 0 Å². The van der Waals surface area contributed by atoms with Crippen molar-refractivity contribution in [3.8, 4) is 0 Å². The van der Waals surface area contributed by atoms with Crippen LogP contribution in [0.1, 0.15) is 35.3 Å². The lowest BCUT2D eigenvalue weighted by atomic mass is 10.1. The molecule has 0 saturated heterocycles. The molecule has 0 radical (unpaired) electrons. The Kier molecular flexibility index (Phi) is 3.28. The molecular weight excluding hydrogens is 174 g/mol. The monoisotopic (exact) mass is 191 g/mol. The van der Waals surface area contributed by atoms with Crippen molar-refractivity contribution < 1.29 is 4.79 Å². The van der Waals surface area contributed by atoms with E-state index in [4.69, 9.17) is 0 Å². The molecule has 0 bridgehead atoms. The molecule has 1 aliphatic heterocycles. The largest absolute Gasteiger partial charge is 0.337 e. The summed E-state index contributed by atoms with van der Waals surface area (Å²) in [7, 11) is 1.84. The summed E-state index contributed by atoms with van der Waals surface area (Å²) in [5, 5.41) is 0. The maximum Gasteiger partial charge on any atom is 0.254 e. The van der Waals surface area contributed by atoms with Gasteiger partial charge in [0.05, 0.1) is 0 Å². The second-order valence-corrected chi connectivity index (χ2v) is 3.26. The zero-order valence-corrected chi connectivity index (χ0v) is 9.29. The van der Waals surface area contributed by atoms with Gasteiger partial charge in [0, 0.05) is 19.2 Å². The van der Waals surface area contributed by atoms with Crippen molar-refractivity contribution in [2.45, 2.75) is 27.3 Å². The molecule has 2 rings (SSSR count). The number of aryl methyl sites for hydroxylation is 1. The van der Waals surface area contributed by atoms with E-state index < -0.39 is 0 Å². The van der Waals surface area contributed by atoms with Gasteiger partial charge in [-0.05, 0) is 24.1 Å². The van der Waals surface area contributed by atoms with Gasteiger partial charge in [-0.2, -0.15) is 0 Å². The van der Waals surface area contributed by atoms with E-state index >= 15 is 0 Å². The first-order chi connectivity index (χ1) is 6.70. The van der Waals surface area contributed by atoms with Gasteiger partial charge in [0.25, 0.3) is 5.91 Å². The Hall–Kier alpha value is -1.31. The molecule has 0 N–H and O–H groups in total. The number of hydrogen-bond donors (Lipinski definition) is 0. The molecule has 0 atom stereocenters. The highest BCUT2D eigenvalue weighted by atomic mass is 16.2. The maximum atomic E-state index is 11.5. The van der Waals surface area contributed by atoms with E-state index in [1.165, 1.54) is 11.1 Å². The summed E-state index contributed by atoms with van der Waals surface area (Å²) >= 11 is 0. The van der Waals surface area contributed by atoms with Crippen LogP contribution in [0.4, 0.5) is 0 Å². The minimum absolute atomic E-state index is 0.147. The summed E-state index contributed by atoms with van der Waals surface area (Å²) in [6, 6.07) is 5.88. The molecule has 0 saturated carbocycles. The molecular formula is C12H17NO. The SMILES string of the molecule is CC.Cc1cccc2c1CN(C)C2=O. The zero-order chi connectivity index (χ0) is 10.7. The lowest BCUT2D eigenvalue weighted by Crippen LogP contribution is -2.17. The summed E-state index contributed by atoms with van der Waals surface area (Å²) in [6.07, 6.45) is 0. The minimum atomic E-state index is 0.147. The molecule has 14 heavy (non-hydrogen) atoms. The van der Waals surface area contributed by atoms with Crippen LogP contribution in [0.25, 0.3) is 0 Å². The summed E-state index contributed by atoms with van der Waals surface area (Å²) < 4.78 is 0. The number of nitrogens with zero attached hydrogens (tertiary/aromatic N) is 1. The first-order valence-electron chi connectivity index (χ1n) is 5.04. The van der Waals surface area contributed by atoms with E-state index in [2.05, 4.69) is 0 Å². The van der Waals surface area contributed by atoms with Gasteiger partial charge in [0.1, 0.15) is 0 Å². The Morgan fingerprint density at radius 2 is 1.93 bits per heavy atom. The van der Waals surface area contributed by atoms with E-state index in [9.17, 15) is 4.79 Å². The van der Waals surface area contributed by atoms with Crippen LogP contribution in [0.5, 0.6) is 0 Å². The number of fused-ring (bicyclic) bond motifs is 1. The number of benzene rings is 1. The molecule has 0 aliphatic carbocycles. The minimum Gasteiger partial charge on any atom is -0.337 e. The average molecular weight is 191 g/mol. The van der Waals surface area contributed by atoms with Gasteiger partial charge in [0.2, 0.25) is 0 Å². The molecule has 2 heteroatoms. The highest BCUT2D eigenvalue weighted by Crippen LogP contribution is 2.23. The van der Waals surface area contributed by atoms with E-state index in [0.717, 1.165) is 12.1 Å². The smallest absolute Gasteiger partial charge is 0.254 e. The van der Waals surface area contributed by atoms with E-state index in [1.807, 2.05) is 46.0 Å². The number of hydrogen-bond acceptors (Lipinski definition) is 1. The van der Waals surface area contributed by atoms with Gasteiger partial charge in [-0.1, -0.05) is 26.0 Å². The predicted molar refractivity (Wildman–Crippen MR) is 58.3 cm³/mol. The van der Waals surface area contributed by atoms with Gasteiger partial charge < -0.3 is 4.90 Å². The fraction of sp³-hybridized carbons (Fsp3) is 0.417. The Balaban J connectivity index is 0.000000461. The molecule has 1 aliphatic rings. The van der Waals surface area contributed by atoms with Crippen molar-refractivity contribution >= 4 is 5.91 Å². The summed E-state index contributed by atoms with van der Waals surface area (Å²) in [4.78, 5) is 13.2. The molecule has 1 aromatic carbocycles. The van der Waals surface area contributed by atoms with Crippen LogP contribution in [-0.4, -0.2) is 17.9 Å². The summed E-state index contributed by atoms with van der Waals surface area (Å²) in [5.41, 5.74) is 3.27. The van der Waals surface area contributed by atoms with E-state index in [0.29, 0.717) is 0 Å². The second kappa shape index (κ2) is 4.27. The van der Waals surface area contributed by atoms with Crippen molar-refractivity contribution in [3.05, 3.63) is 34.9 Å². The topological polar surface area (TPSA) is 20.3 Å². The molecule has 1 heterocycles. The van der Waals surface area contributed by atoms with Crippen molar-refractivity contribution in [3.63, 3.8) is 0 Å². The van der Waals surface area contributed by atoms with Crippen LogP contribution in [0.15, 0.2) is 18.2 Å². The van der Waals surface area contributed by atoms with Crippen molar-refractivity contribution in [2.24, 2.45) is 0 Å². The third kappa shape index (κ3) is 1.65. The Bertz CT molecular complexity index is 344. The van der Waals surface area contributed by atoms with Crippen molar-refractivity contribution in [2.75, 3.05) is 7.05 Å². The molecule has 0 unspecified atom stereocenters. The fourth-order valence-electron chi connectivity index (χ4n) is 1.63. The van der Waals surface area contributed by atoms with Crippen LogP contribution in [-0.2, 0) is 6.54 Å². The summed E-state index contributed by atoms with van der Waals surface area (Å²) in [5.74, 6) is 0.147. The lowest BCUT2D eigenvalue weighted by molar-refractivity contribution is 0.0816. The number of amides is 1. The normalized spacial score (nSPS) is 13.4. The highest BCUT2D eigenvalue weighted by Gasteiger charge is 2.24. The fourth-order valence-corrected chi connectivity index (χ4v) is 1.63. The van der Waals surface area contributed by atoms with Crippen LogP contribution in [0.2, 0.25) is 0 Å². The Morgan fingerprint density at radius 1 is 1.29 bits per heavy atom. The molecule has 0 fully saturated rings. The molecule has 2 nitrogen and oxygen atoms in total. The highest BCUT2D eigenvalue weighted by molar-refractivity contribution is 5.98. The first-order valence-corrected chi connectivity index (χ1v) is 5.04. The third-order valence-electron chi connectivity index (χ3n) is 2.38. The van der Waals surface area contributed by atoms with Crippen LogP contribution < -0.4 is 0 Å². The van der Waals surface area contributed by atoms with Gasteiger partial charge in [-0.3, -0.25) is 4.79 Å². The van der Waals surface area contributed by atoms with Gasteiger partial charge in [0.15, 0.2) is 0 Å². The molecule has 1 amide bonds. The predicted octanol–water partition coefficient (Wildman–Crippen LogP) is 2.61. The Labute approximate surface area is 85.5 Å². The van der Waals surface area contributed by atoms with E-state index in [-0.39, 0.29) is 5.91 Å². The van der Waals surface area contributed by atoms with Crippen molar-refractivity contribution in [1.29, 1.82) is 0 Å². The molecule has 76 valence electrons. The summed E-state index contributed by atoms with van der Waals surface area (Å²) in [6.45, 7) is 6.81. The lowest BCUT2D eigenvalue weighted by Gasteiger charge is -2.05. The van der Waals surface area contributed by atoms with E-state index in [1.54, 1.807) is 4.90 Å². The molecule has 0 aromatic heterocycles. The Morgan fingerprint density at radius 3 is 2.50 bits per heavy atom. The van der Waals surface area contributed by atoms with Crippen LogP contribution in [0.3, 0.4) is 0 Å². The number of carbonyl (C=O) groups excluding carboxylic acids is 1. The first kappa shape index (κ1) is 10.8. The average Bonchev–Trinajstić information content (AvgIpc) is 2.50. The quantitative estimate of drug-likeness (QED) is 0.617. The standard InChI is InChI=1S/C10H11NO.C2H6/c1-7-4-3-5-8-9(7)6-11(2)10(8)12;1-2/h3-5H,6H2,1-2H3;1-2H3. The van der Waals surface area contributed by atoms with Gasteiger partial charge >= 0.3 is 0 Å². The van der Waals surface area contributed by atoms with Crippen LogP contribution >= 0.6 is 0 Å². The molecule has 1 aromatic rings. The molecule has 0 spiro atoms.